The third-order valence-electron chi connectivity index (χ3n) is 4.90. The normalized spacial score (nSPS) is 19.3. The molecule has 0 aliphatic carbocycles. The van der Waals surface area contributed by atoms with E-state index in [0.29, 0.717) is 19.3 Å². The molecule has 0 radical (unpaired) electrons. The Bertz CT molecular complexity index is 780. The standard InChI is InChI=1S/C20H26N4O2/c1-3-15-12-20(22-14(2)21-15)24-8-4-5-17(13-24)23-16-6-7-18-19(11-16)26-10-9-25-18/h6-7,11-12,17,23H,3-5,8-10,13H2,1-2H3/t17-/m1/s1. The summed E-state index contributed by atoms with van der Waals surface area (Å²) >= 11 is 0. The Labute approximate surface area is 154 Å². The molecule has 0 bridgehead atoms. The molecule has 1 fully saturated rings. The fourth-order valence-corrected chi connectivity index (χ4v) is 3.63. The van der Waals surface area contributed by atoms with Gasteiger partial charge in [0.1, 0.15) is 24.9 Å². The van der Waals surface area contributed by atoms with Gasteiger partial charge in [0.05, 0.1) is 0 Å². The summed E-state index contributed by atoms with van der Waals surface area (Å²) in [7, 11) is 0. The largest absolute Gasteiger partial charge is 0.486 e. The first-order valence-electron chi connectivity index (χ1n) is 9.47. The highest BCUT2D eigenvalue weighted by Gasteiger charge is 2.22. The molecule has 26 heavy (non-hydrogen) atoms. The number of benzene rings is 1. The van der Waals surface area contributed by atoms with E-state index in [9.17, 15) is 0 Å². The van der Waals surface area contributed by atoms with Crippen molar-refractivity contribution in [3.63, 3.8) is 0 Å². The van der Waals surface area contributed by atoms with Gasteiger partial charge in [-0.15, -0.1) is 0 Å². The number of nitrogens with zero attached hydrogens (tertiary/aromatic N) is 3. The number of nitrogens with one attached hydrogen (secondary N) is 1. The molecule has 2 aliphatic rings. The lowest BCUT2D eigenvalue weighted by Crippen LogP contribution is -2.42. The van der Waals surface area contributed by atoms with Crippen molar-refractivity contribution < 1.29 is 9.47 Å². The highest BCUT2D eigenvalue weighted by Crippen LogP contribution is 2.33. The number of aryl methyl sites for hydroxylation is 2. The van der Waals surface area contributed by atoms with Crippen LogP contribution in [0.2, 0.25) is 0 Å². The van der Waals surface area contributed by atoms with Crippen molar-refractivity contribution in [2.45, 2.75) is 39.2 Å². The maximum Gasteiger partial charge on any atom is 0.163 e. The van der Waals surface area contributed by atoms with Crippen LogP contribution in [0.4, 0.5) is 11.5 Å². The second-order valence-electron chi connectivity index (χ2n) is 6.91. The number of hydrogen-bond donors (Lipinski definition) is 1. The quantitative estimate of drug-likeness (QED) is 0.910. The van der Waals surface area contributed by atoms with Gasteiger partial charge in [0.15, 0.2) is 11.5 Å². The number of piperidine rings is 1. The van der Waals surface area contributed by atoms with Gasteiger partial charge in [0.25, 0.3) is 0 Å². The van der Waals surface area contributed by atoms with E-state index in [-0.39, 0.29) is 0 Å². The van der Waals surface area contributed by atoms with Gasteiger partial charge in [0.2, 0.25) is 0 Å². The summed E-state index contributed by atoms with van der Waals surface area (Å²) in [5.74, 6) is 3.55. The molecule has 2 aliphatic heterocycles. The SMILES string of the molecule is CCc1cc(N2CCC[C@@H](Nc3ccc4c(c3)OCCO4)C2)nc(C)n1. The van der Waals surface area contributed by atoms with Gasteiger partial charge >= 0.3 is 0 Å². The van der Waals surface area contributed by atoms with E-state index in [1.165, 1.54) is 0 Å². The summed E-state index contributed by atoms with van der Waals surface area (Å²) in [5, 5.41) is 3.65. The Kier molecular flexibility index (Phi) is 4.82. The zero-order chi connectivity index (χ0) is 17.9. The topological polar surface area (TPSA) is 59.5 Å². The third-order valence-corrected chi connectivity index (χ3v) is 4.90. The van der Waals surface area contributed by atoms with Gasteiger partial charge in [-0.2, -0.15) is 0 Å². The molecule has 6 heteroatoms. The number of hydrogen-bond acceptors (Lipinski definition) is 6. The highest BCUT2D eigenvalue weighted by molar-refractivity contribution is 5.56. The molecule has 0 unspecified atom stereocenters. The van der Waals surface area contributed by atoms with E-state index in [0.717, 1.165) is 66.9 Å². The van der Waals surface area contributed by atoms with E-state index in [1.807, 2.05) is 19.1 Å². The van der Waals surface area contributed by atoms with Crippen LogP contribution in [-0.2, 0) is 6.42 Å². The first-order valence-corrected chi connectivity index (χ1v) is 9.47. The molecular formula is C20H26N4O2. The van der Waals surface area contributed by atoms with Gasteiger partial charge in [-0.05, 0) is 38.3 Å². The number of ether oxygens (including phenoxy) is 2. The molecule has 4 rings (SSSR count). The van der Waals surface area contributed by atoms with Gasteiger partial charge in [0, 0.05) is 42.6 Å². The maximum absolute atomic E-state index is 5.69. The monoisotopic (exact) mass is 354 g/mol. The van der Waals surface area contributed by atoms with Crippen molar-refractivity contribution in [2.75, 3.05) is 36.5 Å². The van der Waals surface area contributed by atoms with Crippen molar-refractivity contribution in [3.8, 4) is 11.5 Å². The summed E-state index contributed by atoms with van der Waals surface area (Å²) in [6, 6.07) is 8.60. The third kappa shape index (κ3) is 3.69. The second-order valence-corrected chi connectivity index (χ2v) is 6.91. The molecule has 6 nitrogen and oxygen atoms in total. The molecule has 1 aromatic heterocycles. The molecule has 1 aromatic carbocycles. The van der Waals surface area contributed by atoms with E-state index < -0.39 is 0 Å². The predicted molar refractivity (Wildman–Crippen MR) is 102 cm³/mol. The second kappa shape index (κ2) is 7.40. The van der Waals surface area contributed by atoms with E-state index >= 15 is 0 Å². The van der Waals surface area contributed by atoms with Gasteiger partial charge in [-0.3, -0.25) is 0 Å². The molecule has 2 aromatic rings. The minimum Gasteiger partial charge on any atom is -0.486 e. The van der Waals surface area contributed by atoms with Crippen molar-refractivity contribution >= 4 is 11.5 Å². The average Bonchev–Trinajstić information content (AvgIpc) is 2.67. The van der Waals surface area contributed by atoms with Crippen molar-refractivity contribution in [1.29, 1.82) is 0 Å². The summed E-state index contributed by atoms with van der Waals surface area (Å²) in [6.07, 6.45) is 3.23. The lowest BCUT2D eigenvalue weighted by atomic mass is 10.0. The fraction of sp³-hybridized carbons (Fsp3) is 0.500. The summed E-state index contributed by atoms with van der Waals surface area (Å²) in [4.78, 5) is 11.5. The smallest absolute Gasteiger partial charge is 0.163 e. The van der Waals surface area contributed by atoms with E-state index in [2.05, 4.69) is 39.2 Å². The molecule has 0 amide bonds. The molecule has 1 saturated heterocycles. The lowest BCUT2D eigenvalue weighted by Gasteiger charge is -2.35. The first kappa shape index (κ1) is 16.9. The van der Waals surface area contributed by atoms with Crippen molar-refractivity contribution in [1.82, 2.24) is 9.97 Å². The Hall–Kier alpha value is -2.50. The number of anilines is 2. The highest BCUT2D eigenvalue weighted by atomic mass is 16.6. The average molecular weight is 354 g/mol. The molecule has 3 heterocycles. The molecule has 0 spiro atoms. The van der Waals surface area contributed by atoms with Crippen LogP contribution in [-0.4, -0.2) is 42.3 Å². The number of rotatable bonds is 4. The van der Waals surface area contributed by atoms with Gasteiger partial charge in [-0.25, -0.2) is 9.97 Å². The number of aromatic nitrogens is 2. The minimum atomic E-state index is 0.381. The van der Waals surface area contributed by atoms with Gasteiger partial charge in [-0.1, -0.05) is 6.92 Å². The lowest BCUT2D eigenvalue weighted by molar-refractivity contribution is 0.171. The van der Waals surface area contributed by atoms with Crippen molar-refractivity contribution in [3.05, 3.63) is 35.8 Å². The molecular weight excluding hydrogens is 328 g/mol. The van der Waals surface area contributed by atoms with Crippen LogP contribution in [0.5, 0.6) is 11.5 Å². The maximum atomic E-state index is 5.69. The minimum absolute atomic E-state index is 0.381. The Balaban J connectivity index is 1.46. The van der Waals surface area contributed by atoms with Crippen LogP contribution < -0.4 is 19.7 Å². The van der Waals surface area contributed by atoms with Crippen molar-refractivity contribution in [2.24, 2.45) is 0 Å². The number of fused-ring (bicyclic) bond motifs is 1. The zero-order valence-corrected chi connectivity index (χ0v) is 15.5. The zero-order valence-electron chi connectivity index (χ0n) is 15.5. The van der Waals surface area contributed by atoms with E-state index in [4.69, 9.17) is 9.47 Å². The Morgan fingerprint density at radius 1 is 1.15 bits per heavy atom. The fourth-order valence-electron chi connectivity index (χ4n) is 3.63. The first-order chi connectivity index (χ1) is 12.7. The molecule has 0 saturated carbocycles. The summed E-state index contributed by atoms with van der Waals surface area (Å²) < 4.78 is 11.3. The van der Waals surface area contributed by atoms with Crippen LogP contribution in [0.15, 0.2) is 24.3 Å². The van der Waals surface area contributed by atoms with Gasteiger partial charge < -0.3 is 19.7 Å². The molecule has 1 N–H and O–H groups in total. The molecule has 1 atom stereocenters. The molecule has 138 valence electrons. The van der Waals surface area contributed by atoms with Crippen LogP contribution >= 0.6 is 0 Å². The van der Waals surface area contributed by atoms with Crippen LogP contribution in [0.1, 0.15) is 31.3 Å². The van der Waals surface area contributed by atoms with Crippen LogP contribution in [0.25, 0.3) is 0 Å². The predicted octanol–water partition coefficient (Wildman–Crippen LogP) is 3.20. The Morgan fingerprint density at radius 3 is 2.85 bits per heavy atom. The Morgan fingerprint density at radius 2 is 2.00 bits per heavy atom. The van der Waals surface area contributed by atoms with E-state index in [1.54, 1.807) is 0 Å². The van der Waals surface area contributed by atoms with Crippen LogP contribution in [0, 0.1) is 6.92 Å². The summed E-state index contributed by atoms with van der Waals surface area (Å²) in [5.41, 5.74) is 2.18. The summed E-state index contributed by atoms with van der Waals surface area (Å²) in [6.45, 7) is 7.31. The van der Waals surface area contributed by atoms with Crippen LogP contribution in [0.3, 0.4) is 0 Å².